The molecule has 0 radical (unpaired) electrons. The molecule has 0 bridgehead atoms. The molecule has 0 fully saturated rings. The molecule has 0 spiro atoms. The second-order valence-electron chi connectivity index (χ2n) is 3.38. The zero-order valence-electron chi connectivity index (χ0n) is 8.75. The molecule has 1 aromatic heterocycles. The number of amides is 1. The zero-order valence-corrected chi connectivity index (χ0v) is 8.75. The summed E-state index contributed by atoms with van der Waals surface area (Å²) in [5.41, 5.74) is 0.852. The van der Waals surface area contributed by atoms with Gasteiger partial charge in [-0.1, -0.05) is 5.16 Å². The van der Waals surface area contributed by atoms with Gasteiger partial charge in [-0.05, 0) is 18.2 Å². The summed E-state index contributed by atoms with van der Waals surface area (Å²) >= 11 is 0. The maximum Gasteiger partial charge on any atom is 0.251 e. The van der Waals surface area contributed by atoms with Gasteiger partial charge in [-0.25, -0.2) is 0 Å². The topological polar surface area (TPSA) is 95.6 Å². The lowest BCUT2D eigenvalue weighted by atomic mass is 10.2. The molecule has 0 saturated carbocycles. The van der Waals surface area contributed by atoms with Crippen LogP contribution >= 0.6 is 0 Å². The van der Waals surface area contributed by atoms with Crippen LogP contribution in [0.25, 0.3) is 0 Å². The van der Waals surface area contributed by atoms with Crippen molar-refractivity contribution >= 4 is 5.91 Å². The highest BCUT2D eigenvalue weighted by Crippen LogP contribution is 2.24. The van der Waals surface area contributed by atoms with Gasteiger partial charge in [0.15, 0.2) is 11.5 Å². The van der Waals surface area contributed by atoms with E-state index in [2.05, 4.69) is 15.0 Å². The summed E-state index contributed by atoms with van der Waals surface area (Å²) in [7, 11) is 0. The number of nitrogens with one attached hydrogen (secondary N) is 1. The van der Waals surface area contributed by atoms with E-state index in [0.29, 0.717) is 5.69 Å². The first kappa shape index (κ1) is 11.0. The van der Waals surface area contributed by atoms with Gasteiger partial charge in [0, 0.05) is 11.6 Å². The second kappa shape index (κ2) is 4.56. The van der Waals surface area contributed by atoms with Crippen molar-refractivity contribution < 1.29 is 19.5 Å². The number of phenols is 2. The number of hydrogen-bond acceptors (Lipinski definition) is 5. The van der Waals surface area contributed by atoms with E-state index in [1.165, 1.54) is 24.5 Å². The normalized spacial score (nSPS) is 10.1. The third kappa shape index (κ3) is 2.54. The van der Waals surface area contributed by atoms with E-state index < -0.39 is 0 Å². The minimum Gasteiger partial charge on any atom is -0.504 e. The number of hydrogen-bond donors (Lipinski definition) is 3. The molecule has 1 aromatic carbocycles. The Kier molecular flexibility index (Phi) is 2.95. The molecular weight excluding hydrogens is 224 g/mol. The van der Waals surface area contributed by atoms with Crippen molar-refractivity contribution in [1.29, 1.82) is 0 Å². The molecule has 3 N–H and O–H groups in total. The Bertz CT molecular complexity index is 522. The van der Waals surface area contributed by atoms with Gasteiger partial charge < -0.3 is 20.1 Å². The minimum atomic E-state index is -0.372. The van der Waals surface area contributed by atoms with Gasteiger partial charge in [-0.2, -0.15) is 0 Å². The van der Waals surface area contributed by atoms with Crippen LogP contribution in [0.3, 0.4) is 0 Å². The van der Waals surface area contributed by atoms with Crippen LogP contribution in [0.4, 0.5) is 0 Å². The van der Waals surface area contributed by atoms with E-state index in [0.717, 1.165) is 0 Å². The fourth-order valence-corrected chi connectivity index (χ4v) is 1.27. The summed E-state index contributed by atoms with van der Waals surface area (Å²) < 4.78 is 4.61. The van der Waals surface area contributed by atoms with Crippen LogP contribution < -0.4 is 5.32 Å². The first-order chi connectivity index (χ1) is 8.16. The van der Waals surface area contributed by atoms with Crippen molar-refractivity contribution in [2.75, 3.05) is 0 Å². The maximum absolute atomic E-state index is 11.6. The Balaban J connectivity index is 2.02. The molecule has 0 aliphatic rings. The first-order valence-electron chi connectivity index (χ1n) is 4.86. The maximum atomic E-state index is 11.6. The predicted octanol–water partition coefficient (Wildman–Crippen LogP) is 1.02. The Morgan fingerprint density at radius 3 is 2.76 bits per heavy atom. The smallest absolute Gasteiger partial charge is 0.251 e. The van der Waals surface area contributed by atoms with E-state index in [-0.39, 0.29) is 29.5 Å². The lowest BCUT2D eigenvalue weighted by Crippen LogP contribution is -2.22. The van der Waals surface area contributed by atoms with Crippen LogP contribution in [-0.2, 0) is 6.54 Å². The third-order valence-electron chi connectivity index (χ3n) is 2.16. The van der Waals surface area contributed by atoms with Crippen molar-refractivity contribution in [3.63, 3.8) is 0 Å². The van der Waals surface area contributed by atoms with Gasteiger partial charge in [-0.15, -0.1) is 0 Å². The first-order valence-corrected chi connectivity index (χ1v) is 4.86. The van der Waals surface area contributed by atoms with Crippen LogP contribution in [0.15, 0.2) is 35.1 Å². The molecule has 88 valence electrons. The van der Waals surface area contributed by atoms with Gasteiger partial charge in [0.05, 0.1) is 6.54 Å². The van der Waals surface area contributed by atoms with E-state index in [9.17, 15) is 9.90 Å². The summed E-state index contributed by atoms with van der Waals surface area (Å²) in [6.07, 6.45) is 1.41. The van der Waals surface area contributed by atoms with Crippen molar-refractivity contribution in [2.45, 2.75) is 6.54 Å². The predicted molar refractivity (Wildman–Crippen MR) is 57.4 cm³/mol. The molecule has 6 nitrogen and oxygen atoms in total. The minimum absolute atomic E-state index is 0.233. The number of carbonyl (C=O) groups excluding carboxylic acids is 1. The van der Waals surface area contributed by atoms with Gasteiger partial charge >= 0.3 is 0 Å². The summed E-state index contributed by atoms with van der Waals surface area (Å²) in [6, 6.07) is 5.48. The second-order valence-corrected chi connectivity index (χ2v) is 3.38. The van der Waals surface area contributed by atoms with Crippen LogP contribution in [0.2, 0.25) is 0 Å². The SMILES string of the molecule is O=C(NCc1ccon1)c1ccc(O)c(O)c1. The molecule has 0 saturated heterocycles. The fraction of sp³-hybridized carbons (Fsp3) is 0.0909. The molecule has 1 amide bonds. The van der Waals surface area contributed by atoms with Crippen LogP contribution in [0, 0.1) is 0 Å². The number of nitrogens with zero attached hydrogens (tertiary/aromatic N) is 1. The average molecular weight is 234 g/mol. The van der Waals surface area contributed by atoms with Crippen molar-refractivity contribution in [3.8, 4) is 11.5 Å². The van der Waals surface area contributed by atoms with Gasteiger partial charge in [0.2, 0.25) is 0 Å². The highest BCUT2D eigenvalue weighted by Gasteiger charge is 2.08. The molecule has 17 heavy (non-hydrogen) atoms. The molecule has 0 aliphatic carbocycles. The lowest BCUT2D eigenvalue weighted by Gasteiger charge is -2.04. The summed E-state index contributed by atoms with van der Waals surface area (Å²) in [5.74, 6) is -0.972. The molecule has 2 rings (SSSR count). The molecule has 2 aromatic rings. The lowest BCUT2D eigenvalue weighted by molar-refractivity contribution is 0.0949. The Morgan fingerprint density at radius 1 is 1.29 bits per heavy atom. The molecular formula is C11H10N2O4. The molecule has 0 aliphatic heterocycles. The fourth-order valence-electron chi connectivity index (χ4n) is 1.27. The van der Waals surface area contributed by atoms with Gasteiger partial charge in [-0.3, -0.25) is 4.79 Å². The number of aromatic nitrogens is 1. The monoisotopic (exact) mass is 234 g/mol. The van der Waals surface area contributed by atoms with Crippen molar-refractivity contribution in [3.05, 3.63) is 41.8 Å². The van der Waals surface area contributed by atoms with Crippen LogP contribution in [0.1, 0.15) is 16.1 Å². The number of phenolic OH excluding ortho intramolecular Hbond substituents is 2. The number of rotatable bonds is 3. The van der Waals surface area contributed by atoms with Crippen LogP contribution in [-0.4, -0.2) is 21.3 Å². The molecule has 6 heteroatoms. The highest BCUT2D eigenvalue weighted by atomic mass is 16.5. The summed E-state index contributed by atoms with van der Waals surface area (Å²) in [4.78, 5) is 11.6. The quantitative estimate of drug-likeness (QED) is 0.689. The van der Waals surface area contributed by atoms with Crippen molar-refractivity contribution in [2.24, 2.45) is 0 Å². The molecule has 1 heterocycles. The largest absolute Gasteiger partial charge is 0.504 e. The van der Waals surface area contributed by atoms with Gasteiger partial charge in [0.1, 0.15) is 12.0 Å². The van der Waals surface area contributed by atoms with Crippen LogP contribution in [0.5, 0.6) is 11.5 Å². The molecule has 0 unspecified atom stereocenters. The highest BCUT2D eigenvalue weighted by molar-refractivity contribution is 5.94. The number of benzene rings is 1. The molecule has 0 atom stereocenters. The van der Waals surface area contributed by atoms with Gasteiger partial charge in [0.25, 0.3) is 5.91 Å². The Morgan fingerprint density at radius 2 is 2.12 bits per heavy atom. The van der Waals surface area contributed by atoms with E-state index >= 15 is 0 Å². The number of carbonyl (C=O) groups is 1. The average Bonchev–Trinajstić information content (AvgIpc) is 2.82. The van der Waals surface area contributed by atoms with Crippen molar-refractivity contribution in [1.82, 2.24) is 10.5 Å². The number of aromatic hydroxyl groups is 2. The van der Waals surface area contributed by atoms with E-state index in [4.69, 9.17) is 5.11 Å². The Hall–Kier alpha value is -2.50. The summed E-state index contributed by atoms with van der Waals surface area (Å²) in [6.45, 7) is 0.233. The Labute approximate surface area is 96.5 Å². The standard InChI is InChI=1S/C11H10N2O4/c14-9-2-1-7(5-10(9)15)11(16)12-6-8-3-4-17-13-8/h1-5,14-15H,6H2,(H,12,16). The summed E-state index contributed by atoms with van der Waals surface area (Å²) in [5, 5.41) is 24.6. The van der Waals surface area contributed by atoms with E-state index in [1.807, 2.05) is 0 Å². The zero-order chi connectivity index (χ0) is 12.3. The third-order valence-corrected chi connectivity index (χ3v) is 2.16. The van der Waals surface area contributed by atoms with E-state index in [1.54, 1.807) is 6.07 Å².